The molecule has 22 heavy (non-hydrogen) atoms. The summed E-state index contributed by atoms with van der Waals surface area (Å²) in [5.74, 6) is -0.0529. The molecule has 0 aromatic heterocycles. The van der Waals surface area contributed by atoms with Gasteiger partial charge in [-0.2, -0.15) is 5.06 Å². The highest BCUT2D eigenvalue weighted by Gasteiger charge is 2.45. The fourth-order valence-corrected chi connectivity index (χ4v) is 3.09. The number of allylic oxidation sites excluding steroid dienone is 1. The maximum Gasteiger partial charge on any atom is 0.407 e. The van der Waals surface area contributed by atoms with Crippen LogP contribution in [0.4, 0.5) is 4.79 Å². The summed E-state index contributed by atoms with van der Waals surface area (Å²) >= 11 is 0. The number of nitrogens with one attached hydrogen (secondary N) is 1. The van der Waals surface area contributed by atoms with Crippen LogP contribution in [0.25, 0.3) is 0 Å². The molecule has 0 radical (unpaired) electrons. The van der Waals surface area contributed by atoms with E-state index in [1.807, 2.05) is 27.7 Å². The Kier molecular flexibility index (Phi) is 6.14. The molecular formula is C16H28N2O4. The van der Waals surface area contributed by atoms with Crippen molar-refractivity contribution in [2.24, 2.45) is 0 Å². The van der Waals surface area contributed by atoms with Gasteiger partial charge in [-0.05, 0) is 53.0 Å². The fourth-order valence-electron chi connectivity index (χ4n) is 3.09. The first-order valence-electron chi connectivity index (χ1n) is 7.66. The van der Waals surface area contributed by atoms with Crippen molar-refractivity contribution in [2.45, 2.75) is 70.5 Å². The number of ketones is 1. The maximum absolute atomic E-state index is 11.8. The van der Waals surface area contributed by atoms with Crippen LogP contribution in [0, 0.1) is 0 Å². The summed E-state index contributed by atoms with van der Waals surface area (Å²) in [7, 11) is 0. The van der Waals surface area contributed by atoms with Crippen molar-refractivity contribution >= 4 is 11.9 Å². The van der Waals surface area contributed by atoms with E-state index in [1.54, 1.807) is 0 Å². The number of hydrogen-bond donors (Lipinski definition) is 2. The molecule has 1 aliphatic rings. The van der Waals surface area contributed by atoms with Gasteiger partial charge in [0.25, 0.3) is 0 Å². The Morgan fingerprint density at radius 1 is 1.32 bits per heavy atom. The zero-order valence-corrected chi connectivity index (χ0v) is 14.0. The van der Waals surface area contributed by atoms with Gasteiger partial charge in [-0.25, -0.2) is 4.79 Å². The molecule has 0 saturated carbocycles. The predicted molar refractivity (Wildman–Crippen MR) is 83.7 cm³/mol. The number of hydroxylamine groups is 2. The average molecular weight is 312 g/mol. The maximum atomic E-state index is 11.8. The van der Waals surface area contributed by atoms with Crippen LogP contribution in [0.5, 0.6) is 0 Å². The molecule has 6 heteroatoms. The molecule has 1 saturated heterocycles. The second-order valence-corrected chi connectivity index (χ2v) is 7.10. The van der Waals surface area contributed by atoms with Gasteiger partial charge in [0, 0.05) is 23.5 Å². The largest absolute Gasteiger partial charge is 0.450 e. The Labute approximate surface area is 132 Å². The Bertz CT molecular complexity index is 414. The monoisotopic (exact) mass is 312 g/mol. The minimum absolute atomic E-state index is 0.0529. The first-order valence-corrected chi connectivity index (χ1v) is 7.66. The van der Waals surface area contributed by atoms with Gasteiger partial charge >= 0.3 is 6.09 Å². The number of rotatable bonds is 6. The van der Waals surface area contributed by atoms with E-state index >= 15 is 0 Å². The molecule has 0 unspecified atom stereocenters. The molecular weight excluding hydrogens is 284 g/mol. The first kappa shape index (κ1) is 18.6. The Hall–Kier alpha value is -1.40. The van der Waals surface area contributed by atoms with Gasteiger partial charge in [0.1, 0.15) is 0 Å². The predicted octanol–water partition coefficient (Wildman–Crippen LogP) is 2.66. The molecule has 6 nitrogen and oxygen atoms in total. The van der Waals surface area contributed by atoms with Crippen LogP contribution in [0.15, 0.2) is 12.7 Å². The lowest BCUT2D eigenvalue weighted by Gasteiger charge is -2.51. The first-order chi connectivity index (χ1) is 10.1. The summed E-state index contributed by atoms with van der Waals surface area (Å²) < 4.78 is 5.09. The topological polar surface area (TPSA) is 78.9 Å². The lowest BCUT2D eigenvalue weighted by molar-refractivity contribution is -0.245. The number of nitrogens with zero attached hydrogens (tertiary/aromatic N) is 1. The highest BCUT2D eigenvalue weighted by molar-refractivity contribution is 5.88. The molecule has 0 spiro atoms. The Balaban J connectivity index is 2.41. The highest BCUT2D eigenvalue weighted by Crippen LogP contribution is 2.36. The number of hydrogen-bond acceptors (Lipinski definition) is 5. The van der Waals surface area contributed by atoms with Gasteiger partial charge in [0.2, 0.25) is 0 Å². The van der Waals surface area contributed by atoms with E-state index in [0.29, 0.717) is 25.7 Å². The van der Waals surface area contributed by atoms with Crippen molar-refractivity contribution in [3.63, 3.8) is 0 Å². The smallest absolute Gasteiger partial charge is 0.407 e. The van der Waals surface area contributed by atoms with Gasteiger partial charge in [0.15, 0.2) is 5.78 Å². The zero-order valence-electron chi connectivity index (χ0n) is 14.0. The minimum Gasteiger partial charge on any atom is -0.450 e. The van der Waals surface area contributed by atoms with Crippen LogP contribution in [0.3, 0.4) is 0 Å². The van der Waals surface area contributed by atoms with E-state index in [9.17, 15) is 14.8 Å². The second-order valence-electron chi connectivity index (χ2n) is 7.10. The Morgan fingerprint density at radius 2 is 1.86 bits per heavy atom. The summed E-state index contributed by atoms with van der Waals surface area (Å²) in [6, 6.07) is -0.0595. The van der Waals surface area contributed by atoms with E-state index < -0.39 is 17.2 Å². The third-order valence-electron chi connectivity index (χ3n) is 3.99. The molecule has 1 amide bonds. The number of carbonyl (C=O) groups is 2. The third-order valence-corrected chi connectivity index (χ3v) is 3.99. The molecule has 0 aromatic carbocycles. The fraction of sp³-hybridized carbons (Fsp3) is 0.750. The number of ether oxygens (including phenoxy) is 1. The highest BCUT2D eigenvalue weighted by atomic mass is 16.5. The van der Waals surface area contributed by atoms with Crippen molar-refractivity contribution in [1.82, 2.24) is 10.4 Å². The molecule has 0 aromatic rings. The lowest BCUT2D eigenvalue weighted by atomic mass is 9.79. The second kappa shape index (κ2) is 7.24. The van der Waals surface area contributed by atoms with Gasteiger partial charge in [-0.3, -0.25) is 4.79 Å². The van der Waals surface area contributed by atoms with Gasteiger partial charge in [-0.15, -0.1) is 0 Å². The number of alkyl carbamates (subject to hydrolysis) is 1. The number of piperidine rings is 1. The molecule has 1 heterocycles. The summed E-state index contributed by atoms with van der Waals surface area (Å²) in [5.41, 5.74) is -0.841. The van der Waals surface area contributed by atoms with Gasteiger partial charge < -0.3 is 15.3 Å². The van der Waals surface area contributed by atoms with E-state index in [1.165, 1.54) is 11.1 Å². The molecule has 0 atom stereocenters. The molecule has 1 aliphatic heterocycles. The van der Waals surface area contributed by atoms with Gasteiger partial charge in [-0.1, -0.05) is 6.58 Å². The molecule has 1 rings (SSSR count). The van der Waals surface area contributed by atoms with E-state index in [-0.39, 0.29) is 18.4 Å². The van der Waals surface area contributed by atoms with Crippen molar-refractivity contribution in [1.29, 1.82) is 0 Å². The van der Waals surface area contributed by atoms with Crippen LogP contribution in [0.2, 0.25) is 0 Å². The minimum atomic E-state index is -0.478. The zero-order chi connectivity index (χ0) is 17.0. The molecule has 126 valence electrons. The van der Waals surface area contributed by atoms with Crippen LogP contribution < -0.4 is 5.32 Å². The van der Waals surface area contributed by atoms with E-state index in [0.717, 1.165) is 0 Å². The Morgan fingerprint density at radius 3 is 2.36 bits per heavy atom. The van der Waals surface area contributed by atoms with Crippen molar-refractivity contribution in [2.75, 3.05) is 6.61 Å². The molecule has 1 fully saturated rings. The average Bonchev–Trinajstić information content (AvgIpc) is 2.40. The standard InChI is InChI=1S/C16H28N2O4/c1-6-13(19)8-7-9-22-14(20)17-12-10-15(2,3)18(21)16(4,5)11-12/h6,12,21H,1,7-11H2,2-5H3,(H,17,20). The third kappa shape index (κ3) is 5.10. The summed E-state index contributed by atoms with van der Waals surface area (Å²) in [6.07, 6.45) is 2.89. The lowest BCUT2D eigenvalue weighted by Crippen LogP contribution is -2.63. The van der Waals surface area contributed by atoms with Crippen LogP contribution in [-0.4, -0.2) is 45.9 Å². The normalized spacial score (nSPS) is 21.1. The number of amides is 1. The molecule has 2 N–H and O–H groups in total. The van der Waals surface area contributed by atoms with Gasteiger partial charge in [0.05, 0.1) is 6.61 Å². The van der Waals surface area contributed by atoms with Crippen molar-refractivity contribution in [3.05, 3.63) is 12.7 Å². The molecule has 0 bridgehead atoms. The van der Waals surface area contributed by atoms with Crippen LogP contribution in [0.1, 0.15) is 53.4 Å². The van der Waals surface area contributed by atoms with Crippen molar-refractivity contribution in [3.8, 4) is 0 Å². The van der Waals surface area contributed by atoms with E-state index in [2.05, 4.69) is 11.9 Å². The number of carbonyl (C=O) groups excluding carboxylic acids is 2. The summed E-state index contributed by atoms with van der Waals surface area (Å²) in [4.78, 5) is 22.9. The summed E-state index contributed by atoms with van der Waals surface area (Å²) in [5, 5.41) is 14.4. The molecule has 0 aliphatic carbocycles. The quantitative estimate of drug-likeness (QED) is 0.582. The van der Waals surface area contributed by atoms with Crippen LogP contribution >= 0.6 is 0 Å². The van der Waals surface area contributed by atoms with E-state index in [4.69, 9.17) is 4.74 Å². The van der Waals surface area contributed by atoms with Crippen molar-refractivity contribution < 1.29 is 19.5 Å². The summed E-state index contributed by atoms with van der Waals surface area (Å²) in [6.45, 7) is 11.4. The SMILES string of the molecule is C=CC(=O)CCCOC(=O)NC1CC(C)(C)N(O)C(C)(C)C1. The van der Waals surface area contributed by atoms with Crippen LogP contribution in [-0.2, 0) is 9.53 Å².